The van der Waals surface area contributed by atoms with Crippen LogP contribution in [-0.4, -0.2) is 0 Å². The predicted molar refractivity (Wildman–Crippen MR) is 50.3 cm³/mol. The van der Waals surface area contributed by atoms with Gasteiger partial charge in [0.05, 0.1) is 0 Å². The van der Waals surface area contributed by atoms with Crippen LogP contribution < -0.4 is 0 Å². The molecule has 56 valence electrons. The Morgan fingerprint density at radius 3 is 3.00 bits per heavy atom. The van der Waals surface area contributed by atoms with E-state index in [9.17, 15) is 0 Å². The van der Waals surface area contributed by atoms with Crippen LogP contribution in [0, 0.1) is 0 Å². The van der Waals surface area contributed by atoms with Gasteiger partial charge < -0.3 is 0 Å². The average molecular weight is 162 g/mol. The topological polar surface area (TPSA) is 0 Å². The minimum Gasteiger partial charge on any atom is -0.148 e. The molecule has 2 rings (SSSR count). The van der Waals surface area contributed by atoms with E-state index in [1.165, 1.54) is 16.0 Å². The summed E-state index contributed by atoms with van der Waals surface area (Å²) in [6.45, 7) is 2.21. The minimum atomic E-state index is 1.14. The fourth-order valence-electron chi connectivity index (χ4n) is 1.36. The van der Waals surface area contributed by atoms with Gasteiger partial charge in [0.15, 0.2) is 0 Å². The van der Waals surface area contributed by atoms with E-state index >= 15 is 0 Å². The Balaban J connectivity index is 2.66. The largest absolute Gasteiger partial charge is 0.148 e. The Labute approximate surface area is 70.8 Å². The van der Waals surface area contributed by atoms with E-state index in [-0.39, 0.29) is 0 Å². The molecule has 0 saturated heterocycles. The van der Waals surface area contributed by atoms with E-state index < -0.39 is 0 Å². The van der Waals surface area contributed by atoms with E-state index in [2.05, 4.69) is 36.6 Å². The zero-order chi connectivity index (χ0) is 7.68. The van der Waals surface area contributed by atoms with Crippen LogP contribution in [0.5, 0.6) is 0 Å². The molecule has 0 unspecified atom stereocenters. The van der Waals surface area contributed by atoms with Crippen molar-refractivity contribution in [1.29, 1.82) is 0 Å². The monoisotopic (exact) mass is 162 g/mol. The standard InChI is InChI=1S/C10H10S/c1-2-10-9-5-3-4-8(9)6-7-11-10/h3-7H,2H2,1H3. The highest BCUT2D eigenvalue weighted by atomic mass is 32.1. The molecule has 0 spiro atoms. The normalized spacial score (nSPS) is 10.6. The molecule has 0 bridgehead atoms. The molecule has 0 fully saturated rings. The van der Waals surface area contributed by atoms with Gasteiger partial charge in [-0.3, -0.25) is 0 Å². The van der Waals surface area contributed by atoms with Crippen molar-refractivity contribution in [1.82, 2.24) is 0 Å². The molecule has 11 heavy (non-hydrogen) atoms. The number of aryl methyl sites for hydroxylation is 1. The Bertz CT molecular complexity index is 322. The third-order valence-electron chi connectivity index (χ3n) is 1.93. The Morgan fingerprint density at radius 2 is 2.18 bits per heavy atom. The SMILES string of the molecule is CCc1sccc2cccc1-2. The second-order valence-electron chi connectivity index (χ2n) is 2.59. The van der Waals surface area contributed by atoms with Gasteiger partial charge >= 0.3 is 0 Å². The molecule has 1 aliphatic carbocycles. The van der Waals surface area contributed by atoms with Crippen LogP contribution in [0.3, 0.4) is 0 Å². The quantitative estimate of drug-likeness (QED) is 0.602. The molecule has 1 heterocycles. The lowest BCUT2D eigenvalue weighted by Gasteiger charge is -2.02. The number of fused-ring (bicyclic) bond motifs is 1. The van der Waals surface area contributed by atoms with Gasteiger partial charge in [-0.2, -0.15) is 0 Å². The molecule has 1 heteroatoms. The highest BCUT2D eigenvalue weighted by molar-refractivity contribution is 7.10. The summed E-state index contributed by atoms with van der Waals surface area (Å²) in [7, 11) is 0. The van der Waals surface area contributed by atoms with Crippen LogP contribution in [0.2, 0.25) is 0 Å². The first-order chi connectivity index (χ1) is 5.42. The van der Waals surface area contributed by atoms with Gasteiger partial charge in [0.2, 0.25) is 0 Å². The lowest BCUT2D eigenvalue weighted by molar-refractivity contribution is 1.19. The lowest BCUT2D eigenvalue weighted by Crippen LogP contribution is -1.80. The van der Waals surface area contributed by atoms with Gasteiger partial charge in [0, 0.05) is 4.88 Å². The fourth-order valence-corrected chi connectivity index (χ4v) is 2.22. The second kappa shape index (κ2) is 2.67. The third-order valence-corrected chi connectivity index (χ3v) is 2.99. The Kier molecular flexibility index (Phi) is 1.66. The van der Waals surface area contributed by atoms with E-state index in [0.717, 1.165) is 6.42 Å². The van der Waals surface area contributed by atoms with Crippen LogP contribution in [0.1, 0.15) is 11.8 Å². The van der Waals surface area contributed by atoms with Gasteiger partial charge in [-0.25, -0.2) is 0 Å². The van der Waals surface area contributed by atoms with Crippen molar-refractivity contribution in [2.24, 2.45) is 0 Å². The summed E-state index contributed by atoms with van der Waals surface area (Å²) in [4.78, 5) is 1.49. The maximum atomic E-state index is 2.21. The third kappa shape index (κ3) is 1.05. The van der Waals surface area contributed by atoms with Crippen molar-refractivity contribution in [2.75, 3.05) is 0 Å². The number of hydrogen-bond donors (Lipinski definition) is 0. The average Bonchev–Trinajstić information content (AvgIpc) is 2.50. The first-order valence-corrected chi connectivity index (χ1v) is 4.75. The fraction of sp³-hybridized carbons (Fsp3) is 0.200. The van der Waals surface area contributed by atoms with Crippen LogP contribution in [0.25, 0.3) is 11.1 Å². The molecule has 0 N–H and O–H groups in total. The summed E-state index contributed by atoms with van der Waals surface area (Å²) in [6.07, 6.45) is 1.14. The predicted octanol–water partition coefficient (Wildman–Crippen LogP) is 3.42. The highest BCUT2D eigenvalue weighted by Crippen LogP contribution is 2.29. The molecule has 0 aromatic carbocycles. The molecule has 0 amide bonds. The first-order valence-electron chi connectivity index (χ1n) is 3.87. The summed E-state index contributed by atoms with van der Waals surface area (Å²) >= 11 is 1.85. The highest BCUT2D eigenvalue weighted by Gasteiger charge is 2.04. The molecule has 0 aromatic heterocycles. The van der Waals surface area contributed by atoms with Crippen molar-refractivity contribution >= 4 is 11.3 Å². The smallest absolute Gasteiger partial charge is 0.0121 e. The Hall–Kier alpha value is -0.820. The van der Waals surface area contributed by atoms with Gasteiger partial charge in [-0.15, -0.1) is 11.3 Å². The van der Waals surface area contributed by atoms with E-state index in [4.69, 9.17) is 0 Å². The molecule has 0 aromatic rings. The van der Waals surface area contributed by atoms with Gasteiger partial charge in [0.25, 0.3) is 0 Å². The summed E-state index contributed by atoms with van der Waals surface area (Å²) in [5, 5.41) is 2.17. The van der Waals surface area contributed by atoms with Crippen LogP contribution >= 0.6 is 11.3 Å². The molecule has 0 nitrogen and oxygen atoms in total. The number of hydrogen-bond acceptors (Lipinski definition) is 1. The lowest BCUT2D eigenvalue weighted by atomic mass is 10.1. The molecule has 0 radical (unpaired) electrons. The van der Waals surface area contributed by atoms with Crippen molar-refractivity contribution < 1.29 is 0 Å². The van der Waals surface area contributed by atoms with Crippen molar-refractivity contribution in [2.45, 2.75) is 13.3 Å². The summed E-state index contributed by atoms with van der Waals surface area (Å²) < 4.78 is 0. The van der Waals surface area contributed by atoms with Crippen molar-refractivity contribution in [3.05, 3.63) is 34.5 Å². The Morgan fingerprint density at radius 1 is 1.27 bits per heavy atom. The van der Waals surface area contributed by atoms with Crippen molar-refractivity contribution in [3.8, 4) is 11.1 Å². The van der Waals surface area contributed by atoms with E-state index in [1.54, 1.807) is 0 Å². The van der Waals surface area contributed by atoms with Crippen molar-refractivity contribution in [3.63, 3.8) is 0 Å². The molecule has 1 aliphatic heterocycles. The van der Waals surface area contributed by atoms with Gasteiger partial charge in [0.1, 0.15) is 0 Å². The second-order valence-corrected chi connectivity index (χ2v) is 3.59. The van der Waals surface area contributed by atoms with E-state index in [1.807, 2.05) is 11.3 Å². The summed E-state index contributed by atoms with van der Waals surface area (Å²) in [6, 6.07) is 8.67. The summed E-state index contributed by atoms with van der Waals surface area (Å²) in [5.41, 5.74) is 2.81. The minimum absolute atomic E-state index is 1.14. The zero-order valence-electron chi connectivity index (χ0n) is 6.50. The van der Waals surface area contributed by atoms with Crippen LogP contribution in [0.15, 0.2) is 29.6 Å². The molecule has 0 atom stereocenters. The van der Waals surface area contributed by atoms with Crippen LogP contribution in [0.4, 0.5) is 0 Å². The van der Waals surface area contributed by atoms with Gasteiger partial charge in [-0.05, 0) is 29.0 Å². The molecule has 2 aliphatic rings. The molecule has 0 saturated carbocycles. The first kappa shape index (κ1) is 6.86. The maximum absolute atomic E-state index is 2.21. The zero-order valence-corrected chi connectivity index (χ0v) is 7.32. The molecular formula is C10H10S. The summed E-state index contributed by atoms with van der Waals surface area (Å²) in [5.74, 6) is 0. The van der Waals surface area contributed by atoms with Crippen LogP contribution in [-0.2, 0) is 6.42 Å². The number of rotatable bonds is 1. The maximum Gasteiger partial charge on any atom is 0.0121 e. The van der Waals surface area contributed by atoms with E-state index in [0.29, 0.717) is 0 Å². The molecular weight excluding hydrogens is 152 g/mol. The van der Waals surface area contributed by atoms with Gasteiger partial charge in [-0.1, -0.05) is 25.1 Å².